The monoisotopic (exact) mass is 298 g/mol. The lowest BCUT2D eigenvalue weighted by molar-refractivity contribution is -0.141. The minimum atomic E-state index is -1.06. The number of aromatic carboxylic acids is 1. The average molecular weight is 298 g/mol. The van der Waals surface area contributed by atoms with E-state index in [2.05, 4.69) is 12.6 Å². The van der Waals surface area contributed by atoms with Crippen LogP contribution in [-0.4, -0.2) is 35.0 Å². The van der Waals surface area contributed by atoms with Gasteiger partial charge in [-0.1, -0.05) is 0 Å². The lowest BCUT2D eigenvalue weighted by Gasteiger charge is -2.13. The van der Waals surface area contributed by atoms with Crippen molar-refractivity contribution < 1.29 is 24.5 Å². The van der Waals surface area contributed by atoms with Crippen LogP contribution in [0.5, 0.6) is 5.75 Å². The first-order valence-electron chi connectivity index (χ1n) is 6.22. The molecule has 0 saturated heterocycles. The number of hydrogen-bond acceptors (Lipinski definition) is 4. The van der Waals surface area contributed by atoms with Gasteiger partial charge in [-0.2, -0.15) is 12.6 Å². The maximum Gasteiger partial charge on any atom is 0.335 e. The Morgan fingerprint density at radius 1 is 1.30 bits per heavy atom. The number of thiol groups is 1. The van der Waals surface area contributed by atoms with Crippen LogP contribution in [0.2, 0.25) is 0 Å². The minimum absolute atomic E-state index is 0.0951. The lowest BCUT2D eigenvalue weighted by atomic mass is 9.94. The normalized spacial score (nSPS) is 11.9. The molecule has 1 atom stereocenters. The third kappa shape index (κ3) is 4.77. The molecule has 0 amide bonds. The van der Waals surface area contributed by atoms with Crippen LogP contribution in [0.25, 0.3) is 0 Å². The summed E-state index contributed by atoms with van der Waals surface area (Å²) in [6, 6.07) is 4.57. The molecule has 0 aliphatic rings. The highest BCUT2D eigenvalue weighted by atomic mass is 32.1. The van der Waals surface area contributed by atoms with Crippen molar-refractivity contribution in [1.82, 2.24) is 0 Å². The predicted molar refractivity (Wildman–Crippen MR) is 77.9 cm³/mol. The summed E-state index contributed by atoms with van der Waals surface area (Å²) in [6.07, 6.45) is 1.49. The highest BCUT2D eigenvalue weighted by Gasteiger charge is 2.19. The summed E-state index contributed by atoms with van der Waals surface area (Å²) in [6.45, 7) is 0. The van der Waals surface area contributed by atoms with E-state index < -0.39 is 17.9 Å². The maximum atomic E-state index is 11.2. The molecule has 2 N–H and O–H groups in total. The van der Waals surface area contributed by atoms with Crippen LogP contribution in [0.4, 0.5) is 0 Å². The Balaban J connectivity index is 2.96. The largest absolute Gasteiger partial charge is 0.497 e. The molecule has 0 heterocycles. The van der Waals surface area contributed by atoms with Gasteiger partial charge in [0.1, 0.15) is 5.75 Å². The Morgan fingerprint density at radius 2 is 2.00 bits per heavy atom. The summed E-state index contributed by atoms with van der Waals surface area (Å²) in [5.74, 6) is -1.45. The first-order chi connectivity index (χ1) is 9.47. The summed E-state index contributed by atoms with van der Waals surface area (Å²) in [4.78, 5) is 22.2. The van der Waals surface area contributed by atoms with Crippen molar-refractivity contribution in [2.75, 3.05) is 12.9 Å². The SMILES string of the molecule is COc1cc(CC(CCCS)C(=O)O)cc(C(=O)O)c1. The molecule has 0 aliphatic heterocycles. The Bertz CT molecular complexity index is 486. The Kier molecular flexibility index (Phi) is 6.38. The number of methoxy groups -OCH3 is 1. The predicted octanol–water partition coefficient (Wildman–Crippen LogP) is 2.35. The zero-order chi connectivity index (χ0) is 15.1. The van der Waals surface area contributed by atoms with Crippen molar-refractivity contribution in [1.29, 1.82) is 0 Å². The molecule has 0 spiro atoms. The van der Waals surface area contributed by atoms with Crippen LogP contribution in [0, 0.1) is 5.92 Å². The Morgan fingerprint density at radius 3 is 2.50 bits per heavy atom. The van der Waals surface area contributed by atoms with Gasteiger partial charge < -0.3 is 14.9 Å². The van der Waals surface area contributed by atoms with Gasteiger partial charge in [-0.3, -0.25) is 4.79 Å². The van der Waals surface area contributed by atoms with E-state index in [1.165, 1.54) is 19.2 Å². The number of benzene rings is 1. The molecule has 0 saturated carbocycles. The van der Waals surface area contributed by atoms with Crippen molar-refractivity contribution in [3.8, 4) is 5.75 Å². The highest BCUT2D eigenvalue weighted by Crippen LogP contribution is 2.22. The molecule has 0 aliphatic carbocycles. The molecular formula is C14H18O5S. The van der Waals surface area contributed by atoms with E-state index in [-0.39, 0.29) is 12.0 Å². The molecule has 1 aromatic rings. The van der Waals surface area contributed by atoms with Gasteiger partial charge >= 0.3 is 11.9 Å². The summed E-state index contributed by atoms with van der Waals surface area (Å²) < 4.78 is 5.05. The highest BCUT2D eigenvalue weighted by molar-refractivity contribution is 7.80. The average Bonchev–Trinajstić information content (AvgIpc) is 2.42. The second kappa shape index (κ2) is 7.79. The van der Waals surface area contributed by atoms with Crippen molar-refractivity contribution in [3.63, 3.8) is 0 Å². The quantitative estimate of drug-likeness (QED) is 0.642. The summed E-state index contributed by atoms with van der Waals surface area (Å²) >= 11 is 4.07. The van der Waals surface area contributed by atoms with Gasteiger partial charge in [0.05, 0.1) is 18.6 Å². The second-order valence-corrected chi connectivity index (χ2v) is 4.93. The molecular weight excluding hydrogens is 280 g/mol. The van der Waals surface area contributed by atoms with Gasteiger partial charge in [-0.05, 0) is 48.8 Å². The Hall–Kier alpha value is -1.69. The first kappa shape index (κ1) is 16.4. The summed E-state index contributed by atoms with van der Waals surface area (Å²) in [7, 11) is 1.44. The number of rotatable bonds is 8. The van der Waals surface area contributed by atoms with Crippen molar-refractivity contribution >= 4 is 24.6 Å². The van der Waals surface area contributed by atoms with Crippen molar-refractivity contribution in [3.05, 3.63) is 29.3 Å². The zero-order valence-electron chi connectivity index (χ0n) is 11.2. The molecule has 0 aromatic heterocycles. The fourth-order valence-electron chi connectivity index (χ4n) is 1.95. The Labute approximate surface area is 123 Å². The molecule has 0 fully saturated rings. The fraction of sp³-hybridized carbons (Fsp3) is 0.429. The van der Waals surface area contributed by atoms with Crippen molar-refractivity contribution in [2.45, 2.75) is 19.3 Å². The van der Waals surface area contributed by atoms with E-state index >= 15 is 0 Å². The van der Waals surface area contributed by atoms with Crippen LogP contribution in [0.1, 0.15) is 28.8 Å². The van der Waals surface area contributed by atoms with Gasteiger partial charge in [0, 0.05) is 0 Å². The van der Waals surface area contributed by atoms with E-state index in [4.69, 9.17) is 9.84 Å². The maximum absolute atomic E-state index is 11.2. The lowest BCUT2D eigenvalue weighted by Crippen LogP contribution is -2.17. The number of carboxylic acid groups (broad SMARTS) is 2. The first-order valence-corrected chi connectivity index (χ1v) is 6.86. The number of carbonyl (C=O) groups is 2. The molecule has 1 unspecified atom stereocenters. The van der Waals surface area contributed by atoms with Crippen LogP contribution < -0.4 is 4.74 Å². The van der Waals surface area contributed by atoms with Gasteiger partial charge in [-0.15, -0.1) is 0 Å². The van der Waals surface area contributed by atoms with Crippen LogP contribution in [0.15, 0.2) is 18.2 Å². The number of ether oxygens (including phenoxy) is 1. The smallest absolute Gasteiger partial charge is 0.335 e. The number of carboxylic acids is 2. The number of aliphatic carboxylic acids is 1. The molecule has 1 aromatic carbocycles. The van der Waals surface area contributed by atoms with Gasteiger partial charge in [0.15, 0.2) is 0 Å². The molecule has 1 rings (SSSR count). The molecule has 6 heteroatoms. The topological polar surface area (TPSA) is 83.8 Å². The van der Waals surface area contributed by atoms with Crippen LogP contribution in [-0.2, 0) is 11.2 Å². The molecule has 0 bridgehead atoms. The fourth-order valence-corrected chi connectivity index (χ4v) is 2.14. The molecule has 20 heavy (non-hydrogen) atoms. The standard InChI is InChI=1S/C14H18O5S/c1-19-12-7-9(6-11(8-12)14(17)18)5-10(13(15)16)3-2-4-20/h6-8,10,20H,2-5H2,1H3,(H,15,16)(H,17,18). The van der Waals surface area contributed by atoms with Crippen LogP contribution >= 0.6 is 12.6 Å². The minimum Gasteiger partial charge on any atom is -0.497 e. The van der Waals surface area contributed by atoms with Crippen molar-refractivity contribution in [2.24, 2.45) is 5.92 Å². The van der Waals surface area contributed by atoms with E-state index in [1.807, 2.05) is 0 Å². The van der Waals surface area contributed by atoms with E-state index in [0.717, 1.165) is 0 Å². The van der Waals surface area contributed by atoms with Crippen LogP contribution in [0.3, 0.4) is 0 Å². The second-order valence-electron chi connectivity index (χ2n) is 4.48. The molecule has 5 nitrogen and oxygen atoms in total. The van der Waals surface area contributed by atoms with Gasteiger partial charge in [-0.25, -0.2) is 4.79 Å². The zero-order valence-corrected chi connectivity index (χ0v) is 12.1. The van der Waals surface area contributed by atoms with E-state index in [1.54, 1.807) is 6.07 Å². The van der Waals surface area contributed by atoms with E-state index in [0.29, 0.717) is 29.9 Å². The number of hydrogen-bond donors (Lipinski definition) is 3. The van der Waals surface area contributed by atoms with Gasteiger partial charge in [0.2, 0.25) is 0 Å². The van der Waals surface area contributed by atoms with E-state index in [9.17, 15) is 14.7 Å². The third-order valence-corrected chi connectivity index (χ3v) is 3.31. The van der Waals surface area contributed by atoms with Gasteiger partial charge in [0.25, 0.3) is 0 Å². The molecule has 0 radical (unpaired) electrons. The molecule has 110 valence electrons. The third-order valence-electron chi connectivity index (χ3n) is 2.99. The summed E-state index contributed by atoms with van der Waals surface area (Å²) in [5.41, 5.74) is 0.742. The summed E-state index contributed by atoms with van der Waals surface area (Å²) in [5, 5.41) is 18.2.